The monoisotopic (exact) mass is 315 g/mol. The van der Waals surface area contributed by atoms with Gasteiger partial charge in [0.15, 0.2) is 0 Å². The number of carbonyl (C=O) groups excluding carboxylic acids is 2. The van der Waals surface area contributed by atoms with Crippen molar-refractivity contribution in [3.05, 3.63) is 35.4 Å². The number of nitrogens with zero attached hydrogens (tertiary/aromatic N) is 1. The van der Waals surface area contributed by atoms with Crippen LogP contribution in [0.3, 0.4) is 0 Å². The molecule has 0 saturated carbocycles. The number of carbonyl (C=O) groups is 2. The Labute approximate surface area is 125 Å². The Morgan fingerprint density at radius 1 is 1.14 bits per heavy atom. The SMILES string of the molecule is O=C(c1ccc(CNC(=O)C(F)(F)F)cc1)N1CCNCC1. The van der Waals surface area contributed by atoms with Crippen molar-refractivity contribution in [2.75, 3.05) is 26.2 Å². The first-order valence-corrected chi connectivity index (χ1v) is 6.82. The predicted molar refractivity (Wildman–Crippen MR) is 73.1 cm³/mol. The Bertz CT molecular complexity index is 537. The van der Waals surface area contributed by atoms with Gasteiger partial charge in [0.25, 0.3) is 5.91 Å². The molecule has 0 spiro atoms. The van der Waals surface area contributed by atoms with Gasteiger partial charge in [0.2, 0.25) is 0 Å². The lowest BCUT2D eigenvalue weighted by atomic mass is 10.1. The lowest BCUT2D eigenvalue weighted by molar-refractivity contribution is -0.173. The molecular formula is C14H16F3N3O2. The van der Waals surface area contributed by atoms with Gasteiger partial charge in [-0.3, -0.25) is 9.59 Å². The van der Waals surface area contributed by atoms with Crippen molar-refractivity contribution < 1.29 is 22.8 Å². The minimum Gasteiger partial charge on any atom is -0.344 e. The first-order chi connectivity index (χ1) is 10.4. The van der Waals surface area contributed by atoms with Crippen molar-refractivity contribution in [2.45, 2.75) is 12.7 Å². The highest BCUT2D eigenvalue weighted by Crippen LogP contribution is 2.15. The van der Waals surface area contributed by atoms with Crippen LogP contribution in [0.25, 0.3) is 0 Å². The minimum atomic E-state index is -4.89. The van der Waals surface area contributed by atoms with Crippen molar-refractivity contribution in [2.24, 2.45) is 0 Å². The highest BCUT2D eigenvalue weighted by molar-refractivity contribution is 5.94. The fourth-order valence-electron chi connectivity index (χ4n) is 2.10. The van der Waals surface area contributed by atoms with Crippen LogP contribution >= 0.6 is 0 Å². The second kappa shape index (κ2) is 6.78. The number of benzene rings is 1. The molecule has 0 unspecified atom stereocenters. The smallest absolute Gasteiger partial charge is 0.344 e. The zero-order valence-electron chi connectivity index (χ0n) is 11.7. The van der Waals surface area contributed by atoms with E-state index >= 15 is 0 Å². The molecule has 2 rings (SSSR count). The van der Waals surface area contributed by atoms with Gasteiger partial charge < -0.3 is 15.5 Å². The van der Waals surface area contributed by atoms with Crippen molar-refractivity contribution >= 4 is 11.8 Å². The van der Waals surface area contributed by atoms with Crippen LogP contribution in [0.4, 0.5) is 13.2 Å². The van der Waals surface area contributed by atoms with E-state index in [1.165, 1.54) is 12.1 Å². The second-order valence-corrected chi connectivity index (χ2v) is 4.92. The van der Waals surface area contributed by atoms with E-state index in [9.17, 15) is 22.8 Å². The summed E-state index contributed by atoms with van der Waals surface area (Å²) in [4.78, 5) is 24.6. The van der Waals surface area contributed by atoms with Crippen molar-refractivity contribution in [1.82, 2.24) is 15.5 Å². The molecule has 1 aromatic rings. The van der Waals surface area contributed by atoms with Gasteiger partial charge in [0, 0.05) is 38.3 Å². The van der Waals surface area contributed by atoms with Gasteiger partial charge in [-0.05, 0) is 17.7 Å². The zero-order valence-corrected chi connectivity index (χ0v) is 11.7. The first kappa shape index (κ1) is 16.3. The van der Waals surface area contributed by atoms with E-state index in [1.807, 2.05) is 0 Å². The van der Waals surface area contributed by atoms with Gasteiger partial charge in [0.1, 0.15) is 0 Å². The summed E-state index contributed by atoms with van der Waals surface area (Å²) >= 11 is 0. The van der Waals surface area contributed by atoms with Gasteiger partial charge in [-0.2, -0.15) is 13.2 Å². The van der Waals surface area contributed by atoms with Crippen LogP contribution in [0.5, 0.6) is 0 Å². The third-order valence-corrected chi connectivity index (χ3v) is 3.32. The fourth-order valence-corrected chi connectivity index (χ4v) is 2.10. The molecule has 8 heteroatoms. The molecule has 1 aliphatic heterocycles. The predicted octanol–water partition coefficient (Wildman–Crippen LogP) is 0.910. The van der Waals surface area contributed by atoms with E-state index in [0.717, 1.165) is 13.1 Å². The number of amides is 2. The van der Waals surface area contributed by atoms with Crippen LogP contribution < -0.4 is 10.6 Å². The molecule has 0 atom stereocenters. The highest BCUT2D eigenvalue weighted by atomic mass is 19.4. The summed E-state index contributed by atoms with van der Waals surface area (Å²) < 4.78 is 36.2. The molecule has 120 valence electrons. The summed E-state index contributed by atoms with van der Waals surface area (Å²) in [5.74, 6) is -2.08. The molecule has 0 aromatic heterocycles. The first-order valence-electron chi connectivity index (χ1n) is 6.82. The lowest BCUT2D eigenvalue weighted by Gasteiger charge is -2.27. The Hall–Kier alpha value is -2.09. The van der Waals surface area contributed by atoms with E-state index in [2.05, 4.69) is 5.32 Å². The molecule has 1 aromatic carbocycles. The third-order valence-electron chi connectivity index (χ3n) is 3.32. The molecule has 1 saturated heterocycles. The van der Waals surface area contributed by atoms with Gasteiger partial charge in [-0.25, -0.2) is 0 Å². The normalized spacial score (nSPS) is 15.5. The maximum Gasteiger partial charge on any atom is 0.471 e. The summed E-state index contributed by atoms with van der Waals surface area (Å²) in [7, 11) is 0. The number of hydrogen-bond acceptors (Lipinski definition) is 3. The van der Waals surface area contributed by atoms with Crippen LogP contribution in [0.15, 0.2) is 24.3 Å². The fraction of sp³-hybridized carbons (Fsp3) is 0.429. The largest absolute Gasteiger partial charge is 0.471 e. The third kappa shape index (κ3) is 4.20. The molecule has 1 fully saturated rings. The maximum absolute atomic E-state index is 12.2. The Morgan fingerprint density at radius 3 is 2.27 bits per heavy atom. The molecular weight excluding hydrogens is 299 g/mol. The van der Waals surface area contributed by atoms with E-state index in [-0.39, 0.29) is 12.5 Å². The molecule has 1 heterocycles. The number of nitrogens with one attached hydrogen (secondary N) is 2. The van der Waals surface area contributed by atoms with Crippen molar-refractivity contribution in [1.29, 1.82) is 0 Å². The molecule has 0 aliphatic carbocycles. The highest BCUT2D eigenvalue weighted by Gasteiger charge is 2.38. The Morgan fingerprint density at radius 2 is 1.73 bits per heavy atom. The molecule has 0 bridgehead atoms. The topological polar surface area (TPSA) is 61.4 Å². The summed E-state index contributed by atoms with van der Waals surface area (Å²) in [5, 5.41) is 4.93. The Kier molecular flexibility index (Phi) is 5.02. The van der Waals surface area contributed by atoms with Crippen LogP contribution in [0.2, 0.25) is 0 Å². The number of rotatable bonds is 3. The molecule has 22 heavy (non-hydrogen) atoms. The summed E-state index contributed by atoms with van der Waals surface area (Å²) in [5.41, 5.74) is 0.974. The maximum atomic E-state index is 12.2. The lowest BCUT2D eigenvalue weighted by Crippen LogP contribution is -2.46. The van der Waals surface area contributed by atoms with Crippen molar-refractivity contribution in [3.63, 3.8) is 0 Å². The minimum absolute atomic E-state index is 0.104. The van der Waals surface area contributed by atoms with E-state index in [4.69, 9.17) is 0 Å². The number of piperazine rings is 1. The molecule has 2 amide bonds. The average Bonchev–Trinajstić information content (AvgIpc) is 2.52. The van der Waals surface area contributed by atoms with Crippen LogP contribution in [0.1, 0.15) is 15.9 Å². The van der Waals surface area contributed by atoms with Crippen LogP contribution in [-0.2, 0) is 11.3 Å². The molecule has 5 nitrogen and oxygen atoms in total. The van der Waals surface area contributed by atoms with Crippen molar-refractivity contribution in [3.8, 4) is 0 Å². The van der Waals surface area contributed by atoms with E-state index in [1.54, 1.807) is 22.3 Å². The average molecular weight is 315 g/mol. The number of halogens is 3. The zero-order chi connectivity index (χ0) is 16.2. The molecule has 2 N–H and O–H groups in total. The standard InChI is InChI=1S/C14H16F3N3O2/c15-14(16,17)13(22)19-9-10-1-3-11(4-2-10)12(21)20-7-5-18-6-8-20/h1-4,18H,5-9H2,(H,19,22). The molecule has 0 radical (unpaired) electrons. The van der Waals surface area contributed by atoms with Gasteiger partial charge in [0.05, 0.1) is 0 Å². The number of hydrogen-bond donors (Lipinski definition) is 2. The van der Waals surface area contributed by atoms with Gasteiger partial charge >= 0.3 is 12.1 Å². The summed E-state index contributed by atoms with van der Waals surface area (Å²) in [6, 6.07) is 6.18. The van der Waals surface area contributed by atoms with E-state index in [0.29, 0.717) is 24.2 Å². The quantitative estimate of drug-likeness (QED) is 0.872. The van der Waals surface area contributed by atoms with Gasteiger partial charge in [-0.1, -0.05) is 12.1 Å². The summed E-state index contributed by atoms with van der Waals surface area (Å²) in [6.45, 7) is 2.51. The van der Waals surface area contributed by atoms with Crippen LogP contribution in [0, 0.1) is 0 Å². The van der Waals surface area contributed by atoms with Gasteiger partial charge in [-0.15, -0.1) is 0 Å². The van der Waals surface area contributed by atoms with E-state index < -0.39 is 12.1 Å². The number of alkyl halides is 3. The Balaban J connectivity index is 1.92. The van der Waals surface area contributed by atoms with Crippen LogP contribution in [-0.4, -0.2) is 49.1 Å². The molecule has 1 aliphatic rings. The second-order valence-electron chi connectivity index (χ2n) is 4.92. The summed E-state index contributed by atoms with van der Waals surface area (Å²) in [6.07, 6.45) is -4.89.